The van der Waals surface area contributed by atoms with Gasteiger partial charge < -0.3 is 0 Å². The number of rotatable bonds is 1. The van der Waals surface area contributed by atoms with Crippen LogP contribution in [-0.2, 0) is 0 Å². The topological polar surface area (TPSA) is 51.6 Å². The molecular weight excluding hydrogens is 224 g/mol. The van der Waals surface area contributed by atoms with Gasteiger partial charge in [-0.25, -0.2) is 15.0 Å². The number of aromatic nitrogens is 4. The average molecular weight is 242 g/mol. The molecule has 2 heterocycles. The maximum absolute atomic E-state index is 4.57. The van der Waals surface area contributed by atoms with Gasteiger partial charge in [-0.1, -0.05) is 0 Å². The van der Waals surface area contributed by atoms with Crippen molar-refractivity contribution in [2.75, 3.05) is 0 Å². The SMILES string of the molecule is Cc1nc(C)c(-c2nc(C)c(C)c(C)n2)nc1C. The second-order valence-corrected chi connectivity index (χ2v) is 4.67. The molecule has 0 aliphatic heterocycles. The third kappa shape index (κ3) is 2.10. The highest BCUT2D eigenvalue weighted by molar-refractivity contribution is 5.53. The van der Waals surface area contributed by atoms with E-state index in [1.54, 1.807) is 0 Å². The van der Waals surface area contributed by atoms with Crippen molar-refractivity contribution in [3.63, 3.8) is 0 Å². The Kier molecular flexibility index (Phi) is 3.11. The van der Waals surface area contributed by atoms with E-state index in [4.69, 9.17) is 0 Å². The number of aryl methyl sites for hydroxylation is 5. The Balaban J connectivity index is 2.66. The highest BCUT2D eigenvalue weighted by atomic mass is 15.0. The van der Waals surface area contributed by atoms with E-state index in [-0.39, 0.29) is 0 Å². The number of hydrogen-bond donors (Lipinski definition) is 0. The summed E-state index contributed by atoms with van der Waals surface area (Å²) in [6, 6.07) is 0. The summed E-state index contributed by atoms with van der Waals surface area (Å²) in [6.07, 6.45) is 0. The molecule has 0 amide bonds. The van der Waals surface area contributed by atoms with Gasteiger partial charge in [0.15, 0.2) is 5.82 Å². The Morgan fingerprint density at radius 3 is 1.56 bits per heavy atom. The fourth-order valence-electron chi connectivity index (χ4n) is 1.80. The molecule has 2 aromatic rings. The van der Waals surface area contributed by atoms with Gasteiger partial charge in [0.25, 0.3) is 0 Å². The number of hydrogen-bond acceptors (Lipinski definition) is 4. The Morgan fingerprint density at radius 2 is 1.00 bits per heavy atom. The van der Waals surface area contributed by atoms with Gasteiger partial charge in [-0.3, -0.25) is 4.98 Å². The minimum absolute atomic E-state index is 0.670. The van der Waals surface area contributed by atoms with Gasteiger partial charge in [0, 0.05) is 11.4 Å². The second kappa shape index (κ2) is 4.44. The van der Waals surface area contributed by atoms with Crippen molar-refractivity contribution in [2.45, 2.75) is 41.5 Å². The Labute approximate surface area is 108 Å². The van der Waals surface area contributed by atoms with E-state index in [1.807, 2.05) is 41.5 Å². The maximum Gasteiger partial charge on any atom is 0.180 e. The van der Waals surface area contributed by atoms with E-state index < -0.39 is 0 Å². The van der Waals surface area contributed by atoms with Crippen LogP contribution in [0.1, 0.15) is 34.0 Å². The third-order valence-corrected chi connectivity index (χ3v) is 3.33. The first kappa shape index (κ1) is 12.6. The lowest BCUT2D eigenvalue weighted by Crippen LogP contribution is -2.05. The molecule has 0 saturated heterocycles. The molecular formula is C14H18N4. The van der Waals surface area contributed by atoms with Gasteiger partial charge in [-0.2, -0.15) is 0 Å². The van der Waals surface area contributed by atoms with Crippen molar-refractivity contribution in [3.05, 3.63) is 34.0 Å². The first-order chi connectivity index (χ1) is 8.40. The van der Waals surface area contributed by atoms with Crippen molar-refractivity contribution in [1.29, 1.82) is 0 Å². The van der Waals surface area contributed by atoms with Crippen LogP contribution in [0.5, 0.6) is 0 Å². The summed E-state index contributed by atoms with van der Waals surface area (Å²) in [7, 11) is 0. The van der Waals surface area contributed by atoms with E-state index >= 15 is 0 Å². The lowest BCUT2D eigenvalue weighted by Gasteiger charge is -2.10. The first-order valence-corrected chi connectivity index (χ1v) is 6.04. The van der Waals surface area contributed by atoms with E-state index in [2.05, 4.69) is 19.9 Å². The minimum Gasteiger partial charge on any atom is -0.254 e. The Morgan fingerprint density at radius 1 is 0.500 bits per heavy atom. The highest BCUT2D eigenvalue weighted by Gasteiger charge is 2.12. The predicted molar refractivity (Wildman–Crippen MR) is 71.5 cm³/mol. The Bertz CT molecular complexity index is 594. The number of nitrogens with zero attached hydrogens (tertiary/aromatic N) is 4. The van der Waals surface area contributed by atoms with Gasteiger partial charge in [0.2, 0.25) is 0 Å². The van der Waals surface area contributed by atoms with Gasteiger partial charge in [-0.05, 0) is 47.1 Å². The maximum atomic E-state index is 4.57. The molecule has 0 saturated carbocycles. The molecule has 0 aromatic carbocycles. The molecule has 0 aliphatic carbocycles. The van der Waals surface area contributed by atoms with Gasteiger partial charge in [-0.15, -0.1) is 0 Å². The molecule has 0 aliphatic rings. The molecule has 0 spiro atoms. The summed E-state index contributed by atoms with van der Waals surface area (Å²) in [5.41, 5.74) is 6.67. The standard InChI is InChI=1S/C14H18N4/c1-7-8(2)17-14(18-9(7)3)13-12(6)15-10(4)11(5)16-13/h1-6H3. The monoisotopic (exact) mass is 242 g/mol. The summed E-state index contributed by atoms with van der Waals surface area (Å²) < 4.78 is 0. The summed E-state index contributed by atoms with van der Waals surface area (Å²) >= 11 is 0. The summed E-state index contributed by atoms with van der Waals surface area (Å²) in [5.74, 6) is 0.670. The molecule has 0 atom stereocenters. The fourth-order valence-corrected chi connectivity index (χ4v) is 1.80. The summed E-state index contributed by atoms with van der Waals surface area (Å²) in [4.78, 5) is 18.1. The van der Waals surface area contributed by atoms with Crippen LogP contribution in [-0.4, -0.2) is 19.9 Å². The molecule has 2 aromatic heterocycles. The van der Waals surface area contributed by atoms with E-state index in [1.165, 1.54) is 0 Å². The molecule has 0 radical (unpaired) electrons. The molecule has 4 heteroatoms. The molecule has 0 bridgehead atoms. The van der Waals surface area contributed by atoms with Gasteiger partial charge in [0.05, 0.1) is 17.1 Å². The van der Waals surface area contributed by atoms with Crippen molar-refractivity contribution in [2.24, 2.45) is 0 Å². The summed E-state index contributed by atoms with van der Waals surface area (Å²) in [6.45, 7) is 11.9. The van der Waals surface area contributed by atoms with Crippen LogP contribution in [0.3, 0.4) is 0 Å². The molecule has 0 fully saturated rings. The van der Waals surface area contributed by atoms with Gasteiger partial charge in [0.1, 0.15) is 5.69 Å². The van der Waals surface area contributed by atoms with Crippen LogP contribution in [0.25, 0.3) is 11.5 Å². The van der Waals surface area contributed by atoms with Crippen molar-refractivity contribution in [1.82, 2.24) is 19.9 Å². The lowest BCUT2D eigenvalue weighted by molar-refractivity contribution is 0.962. The van der Waals surface area contributed by atoms with Crippen LogP contribution in [0.15, 0.2) is 0 Å². The largest absolute Gasteiger partial charge is 0.254 e. The smallest absolute Gasteiger partial charge is 0.180 e. The summed E-state index contributed by atoms with van der Waals surface area (Å²) in [5, 5.41) is 0. The highest BCUT2D eigenvalue weighted by Crippen LogP contribution is 2.20. The fraction of sp³-hybridized carbons (Fsp3) is 0.429. The predicted octanol–water partition coefficient (Wildman–Crippen LogP) is 2.78. The quantitative estimate of drug-likeness (QED) is 0.771. The second-order valence-electron chi connectivity index (χ2n) is 4.67. The van der Waals surface area contributed by atoms with Crippen molar-refractivity contribution < 1.29 is 0 Å². The first-order valence-electron chi connectivity index (χ1n) is 6.04. The van der Waals surface area contributed by atoms with Crippen LogP contribution < -0.4 is 0 Å². The molecule has 94 valence electrons. The van der Waals surface area contributed by atoms with E-state index in [0.717, 1.165) is 39.7 Å². The van der Waals surface area contributed by atoms with Crippen LogP contribution in [0, 0.1) is 41.5 Å². The average Bonchev–Trinajstić information content (AvgIpc) is 2.30. The minimum atomic E-state index is 0.670. The van der Waals surface area contributed by atoms with E-state index in [0.29, 0.717) is 5.82 Å². The van der Waals surface area contributed by atoms with Crippen molar-refractivity contribution >= 4 is 0 Å². The van der Waals surface area contributed by atoms with E-state index in [9.17, 15) is 0 Å². The van der Waals surface area contributed by atoms with Crippen LogP contribution in [0.2, 0.25) is 0 Å². The zero-order valence-corrected chi connectivity index (χ0v) is 11.8. The van der Waals surface area contributed by atoms with Crippen LogP contribution in [0.4, 0.5) is 0 Å². The van der Waals surface area contributed by atoms with Crippen LogP contribution >= 0.6 is 0 Å². The van der Waals surface area contributed by atoms with Crippen molar-refractivity contribution in [3.8, 4) is 11.5 Å². The normalized spacial score (nSPS) is 10.8. The molecule has 18 heavy (non-hydrogen) atoms. The molecule has 0 unspecified atom stereocenters. The molecule has 2 rings (SSSR count). The zero-order chi connectivity index (χ0) is 13.4. The third-order valence-electron chi connectivity index (χ3n) is 3.33. The molecule has 4 nitrogen and oxygen atoms in total. The molecule has 0 N–H and O–H groups in total. The zero-order valence-electron chi connectivity index (χ0n) is 11.8. The lowest BCUT2D eigenvalue weighted by atomic mass is 10.2. The van der Waals surface area contributed by atoms with Gasteiger partial charge >= 0.3 is 0 Å². The Hall–Kier alpha value is -1.84.